The molecule has 0 bridgehead atoms. The molecule has 6 heteroatoms. The predicted molar refractivity (Wildman–Crippen MR) is 75.9 cm³/mol. The minimum Gasteiger partial charge on any atom is -0.366 e. The fourth-order valence-corrected chi connectivity index (χ4v) is 2.19. The molecule has 6 nitrogen and oxygen atoms in total. The maximum absolute atomic E-state index is 5.70. The van der Waals surface area contributed by atoms with E-state index in [9.17, 15) is 0 Å². The molecule has 20 heavy (non-hydrogen) atoms. The zero-order valence-corrected chi connectivity index (χ0v) is 10.4. The number of rotatable bonds is 1. The summed E-state index contributed by atoms with van der Waals surface area (Å²) in [5.74, 6) is 0.627. The normalized spacial score (nSPS) is 11.2. The zero-order valence-electron chi connectivity index (χ0n) is 10.4. The van der Waals surface area contributed by atoms with Crippen LogP contribution in [0.5, 0.6) is 0 Å². The summed E-state index contributed by atoms with van der Waals surface area (Å²) in [4.78, 5) is 4.21. The number of hydrogen-bond donors (Lipinski definition) is 1. The first-order valence-corrected chi connectivity index (χ1v) is 6.14. The summed E-state index contributed by atoms with van der Waals surface area (Å²) in [6.07, 6.45) is 1.67. The van der Waals surface area contributed by atoms with Gasteiger partial charge in [0.15, 0.2) is 0 Å². The Morgan fingerprint density at radius 3 is 2.70 bits per heavy atom. The first kappa shape index (κ1) is 10.9. The van der Waals surface area contributed by atoms with Crippen molar-refractivity contribution in [1.29, 1.82) is 0 Å². The highest BCUT2D eigenvalue weighted by molar-refractivity contribution is 5.86. The highest BCUT2D eigenvalue weighted by Gasteiger charge is 2.07. The fraction of sp³-hybridized carbons (Fsp3) is 0. The summed E-state index contributed by atoms with van der Waals surface area (Å²) in [5, 5.41) is 14.3. The lowest BCUT2D eigenvalue weighted by atomic mass is 10.1. The van der Waals surface area contributed by atoms with Crippen molar-refractivity contribution in [2.75, 3.05) is 5.73 Å². The molecule has 2 aromatic carbocycles. The van der Waals surface area contributed by atoms with Crippen LogP contribution in [0.1, 0.15) is 0 Å². The summed E-state index contributed by atoms with van der Waals surface area (Å²) in [6, 6.07) is 14.3. The van der Waals surface area contributed by atoms with Crippen molar-refractivity contribution < 1.29 is 0 Å². The third kappa shape index (κ3) is 1.58. The van der Waals surface area contributed by atoms with Crippen molar-refractivity contribution in [2.45, 2.75) is 0 Å². The molecule has 0 amide bonds. The molecule has 0 aliphatic heterocycles. The van der Waals surface area contributed by atoms with Crippen LogP contribution in [-0.4, -0.2) is 24.8 Å². The molecule has 2 N–H and O–H groups in total. The smallest absolute Gasteiger partial charge is 0.273 e. The van der Waals surface area contributed by atoms with Gasteiger partial charge in [0.25, 0.3) is 5.78 Å². The zero-order chi connectivity index (χ0) is 13.5. The number of hydrogen-bond acceptors (Lipinski definition) is 5. The van der Waals surface area contributed by atoms with Crippen molar-refractivity contribution in [2.24, 2.45) is 0 Å². The van der Waals surface area contributed by atoms with E-state index >= 15 is 0 Å². The quantitative estimate of drug-likeness (QED) is 0.566. The van der Waals surface area contributed by atoms with Crippen LogP contribution in [0.15, 0.2) is 48.7 Å². The molecule has 4 rings (SSSR count). The summed E-state index contributed by atoms with van der Waals surface area (Å²) >= 11 is 0. The molecule has 0 aliphatic rings. The number of benzene rings is 2. The Hall–Kier alpha value is -3.02. The Morgan fingerprint density at radius 2 is 1.80 bits per heavy atom. The third-order valence-corrected chi connectivity index (χ3v) is 3.20. The van der Waals surface area contributed by atoms with Crippen molar-refractivity contribution in [3.8, 4) is 11.3 Å². The summed E-state index contributed by atoms with van der Waals surface area (Å²) in [7, 11) is 0. The number of fused-ring (bicyclic) bond motifs is 2. The van der Waals surface area contributed by atoms with Gasteiger partial charge in [-0.3, -0.25) is 0 Å². The fourth-order valence-electron chi connectivity index (χ4n) is 2.19. The SMILES string of the molecule is Nc1nnc2ncc(-c3ccc4ccccc4c3)nn12. The number of anilines is 1. The monoisotopic (exact) mass is 262 g/mol. The lowest BCUT2D eigenvalue weighted by molar-refractivity contribution is 0.916. The van der Waals surface area contributed by atoms with Crippen molar-refractivity contribution in [3.05, 3.63) is 48.7 Å². The van der Waals surface area contributed by atoms with Gasteiger partial charge in [0, 0.05) is 5.56 Å². The van der Waals surface area contributed by atoms with E-state index in [4.69, 9.17) is 5.73 Å². The number of nitrogen functional groups attached to an aromatic ring is 1. The second-order valence-electron chi connectivity index (χ2n) is 4.48. The van der Waals surface area contributed by atoms with E-state index in [-0.39, 0.29) is 5.95 Å². The molecule has 2 heterocycles. The average Bonchev–Trinajstić information content (AvgIpc) is 2.88. The minimum atomic E-state index is 0.232. The van der Waals surface area contributed by atoms with Crippen LogP contribution in [0.4, 0.5) is 5.95 Å². The average molecular weight is 262 g/mol. The van der Waals surface area contributed by atoms with Gasteiger partial charge in [-0.25, -0.2) is 4.98 Å². The Morgan fingerprint density at radius 1 is 0.950 bits per heavy atom. The van der Waals surface area contributed by atoms with Gasteiger partial charge in [0.2, 0.25) is 5.95 Å². The molecule has 2 aromatic heterocycles. The molecule has 0 aliphatic carbocycles. The van der Waals surface area contributed by atoms with Crippen molar-refractivity contribution in [3.63, 3.8) is 0 Å². The van der Waals surface area contributed by atoms with Gasteiger partial charge in [-0.05, 0) is 16.8 Å². The molecule has 0 unspecified atom stereocenters. The number of aromatic nitrogens is 5. The Labute approximate surface area is 113 Å². The van der Waals surface area contributed by atoms with Gasteiger partial charge in [-0.15, -0.1) is 10.2 Å². The van der Waals surface area contributed by atoms with Crippen LogP contribution >= 0.6 is 0 Å². The first-order chi connectivity index (χ1) is 9.81. The summed E-state index contributed by atoms with van der Waals surface area (Å²) in [5.41, 5.74) is 7.41. The van der Waals surface area contributed by atoms with Gasteiger partial charge < -0.3 is 5.73 Å². The van der Waals surface area contributed by atoms with Crippen LogP contribution in [0.2, 0.25) is 0 Å². The molecule has 96 valence electrons. The standard InChI is InChI=1S/C14H10N6/c15-13-17-18-14-16-8-12(19-20(13)14)11-6-5-9-3-1-2-4-10(9)7-11/h1-8H,(H2,15,17). The Kier molecular flexibility index (Phi) is 2.17. The van der Waals surface area contributed by atoms with Crippen LogP contribution in [0.3, 0.4) is 0 Å². The largest absolute Gasteiger partial charge is 0.366 e. The van der Waals surface area contributed by atoms with Crippen LogP contribution in [0.25, 0.3) is 27.8 Å². The van der Waals surface area contributed by atoms with Crippen LogP contribution in [0, 0.1) is 0 Å². The molecule has 0 saturated carbocycles. The highest BCUT2D eigenvalue weighted by atomic mass is 15.4. The summed E-state index contributed by atoms with van der Waals surface area (Å²) < 4.78 is 1.44. The highest BCUT2D eigenvalue weighted by Crippen LogP contribution is 2.22. The number of nitrogens with zero attached hydrogens (tertiary/aromatic N) is 5. The number of nitrogens with two attached hydrogens (primary N) is 1. The van der Waals surface area contributed by atoms with E-state index in [1.807, 2.05) is 18.2 Å². The van der Waals surface area contributed by atoms with Gasteiger partial charge in [-0.2, -0.15) is 9.61 Å². The molecular weight excluding hydrogens is 252 g/mol. The second kappa shape index (κ2) is 3.99. The predicted octanol–water partition coefficient (Wildman–Crippen LogP) is 1.92. The van der Waals surface area contributed by atoms with Crippen LogP contribution < -0.4 is 5.73 Å². The van der Waals surface area contributed by atoms with E-state index in [0.717, 1.165) is 16.6 Å². The van der Waals surface area contributed by atoms with Gasteiger partial charge >= 0.3 is 0 Å². The van der Waals surface area contributed by atoms with Gasteiger partial charge in [0.1, 0.15) is 5.69 Å². The molecule has 0 spiro atoms. The Bertz CT molecular complexity index is 927. The van der Waals surface area contributed by atoms with E-state index < -0.39 is 0 Å². The maximum Gasteiger partial charge on any atom is 0.273 e. The molecular formula is C14H10N6. The molecule has 0 radical (unpaired) electrons. The van der Waals surface area contributed by atoms with Crippen LogP contribution in [-0.2, 0) is 0 Å². The summed E-state index contributed by atoms with van der Waals surface area (Å²) in [6.45, 7) is 0. The lowest BCUT2D eigenvalue weighted by Crippen LogP contribution is -2.01. The Balaban J connectivity index is 1.93. The lowest BCUT2D eigenvalue weighted by Gasteiger charge is -2.03. The van der Waals surface area contributed by atoms with Crippen molar-refractivity contribution in [1.82, 2.24) is 24.8 Å². The third-order valence-electron chi connectivity index (χ3n) is 3.20. The van der Waals surface area contributed by atoms with Crippen molar-refractivity contribution >= 4 is 22.5 Å². The van der Waals surface area contributed by atoms with Gasteiger partial charge in [0.05, 0.1) is 6.20 Å². The topological polar surface area (TPSA) is 82.0 Å². The van der Waals surface area contributed by atoms with E-state index in [1.165, 1.54) is 9.90 Å². The first-order valence-electron chi connectivity index (χ1n) is 6.14. The molecule has 0 atom stereocenters. The molecule has 0 fully saturated rings. The van der Waals surface area contributed by atoms with E-state index in [2.05, 4.69) is 44.5 Å². The van der Waals surface area contributed by atoms with E-state index in [1.54, 1.807) is 6.20 Å². The maximum atomic E-state index is 5.70. The van der Waals surface area contributed by atoms with Gasteiger partial charge in [-0.1, -0.05) is 36.4 Å². The minimum absolute atomic E-state index is 0.232. The van der Waals surface area contributed by atoms with E-state index in [0.29, 0.717) is 5.78 Å². The second-order valence-corrected chi connectivity index (χ2v) is 4.48. The molecule has 4 aromatic rings. The molecule has 0 saturated heterocycles.